The van der Waals surface area contributed by atoms with Crippen LogP contribution in [0.5, 0.6) is 0 Å². The topological polar surface area (TPSA) is 134 Å². The number of rotatable bonds is 38. The highest BCUT2D eigenvalue weighted by Crippen LogP contribution is 2.43. The molecule has 0 radical (unpaired) electrons. The lowest BCUT2D eigenvalue weighted by atomic mass is 10.0. The minimum Gasteiger partial charge on any atom is -0.462 e. The smallest absolute Gasteiger partial charge is 0.462 e. The Morgan fingerprint density at radius 2 is 1.04 bits per heavy atom. The first-order valence-electron chi connectivity index (χ1n) is 20.3. The van der Waals surface area contributed by atoms with Gasteiger partial charge in [0.15, 0.2) is 6.10 Å². The Labute approximate surface area is 306 Å². The first-order chi connectivity index (χ1) is 24.3. The number of hydrogen-bond acceptors (Lipinski definition) is 8. The van der Waals surface area contributed by atoms with Gasteiger partial charge in [0, 0.05) is 19.4 Å². The van der Waals surface area contributed by atoms with Crippen LogP contribution in [0.3, 0.4) is 0 Å². The lowest BCUT2D eigenvalue weighted by molar-refractivity contribution is -0.161. The molecule has 3 N–H and O–H groups in total. The Kier molecular flexibility index (Phi) is 36.1. The van der Waals surface area contributed by atoms with Crippen molar-refractivity contribution in [1.82, 2.24) is 0 Å². The third kappa shape index (κ3) is 36.3. The van der Waals surface area contributed by atoms with E-state index in [1.54, 1.807) is 0 Å². The maximum absolute atomic E-state index is 12.5. The van der Waals surface area contributed by atoms with Crippen LogP contribution >= 0.6 is 7.82 Å². The van der Waals surface area contributed by atoms with Crippen molar-refractivity contribution in [2.24, 2.45) is 5.73 Å². The number of phosphoric ester groups is 1. The summed E-state index contributed by atoms with van der Waals surface area (Å²) >= 11 is 0. The zero-order chi connectivity index (χ0) is 36.8. The maximum Gasteiger partial charge on any atom is 0.472 e. The van der Waals surface area contributed by atoms with Crippen molar-refractivity contribution in [3.8, 4) is 0 Å². The zero-order valence-corrected chi connectivity index (χ0v) is 33.0. The van der Waals surface area contributed by atoms with E-state index in [-0.39, 0.29) is 38.6 Å². The molecular weight excluding hydrogens is 653 g/mol. The van der Waals surface area contributed by atoms with E-state index in [2.05, 4.69) is 38.2 Å². The molecule has 0 aliphatic carbocycles. The monoisotopic (exact) mass is 730 g/mol. The average molecular weight is 730 g/mol. The molecule has 0 aliphatic rings. The molecule has 0 aromatic carbocycles. The number of carbonyl (C=O) groups is 2. The van der Waals surface area contributed by atoms with Gasteiger partial charge in [-0.1, -0.05) is 154 Å². The normalized spacial score (nSPS) is 13.6. The Bertz CT molecular complexity index is 881. The van der Waals surface area contributed by atoms with E-state index in [4.69, 9.17) is 24.3 Å². The second-order valence-corrected chi connectivity index (χ2v) is 15.0. The van der Waals surface area contributed by atoms with Crippen molar-refractivity contribution in [1.29, 1.82) is 0 Å². The van der Waals surface area contributed by atoms with Gasteiger partial charge in [-0.2, -0.15) is 0 Å². The Morgan fingerprint density at radius 3 is 1.54 bits per heavy atom. The highest BCUT2D eigenvalue weighted by molar-refractivity contribution is 7.47. The van der Waals surface area contributed by atoms with Crippen LogP contribution in [0.25, 0.3) is 0 Å². The highest BCUT2D eigenvalue weighted by atomic mass is 31.2. The maximum atomic E-state index is 12.5. The molecule has 0 saturated carbocycles. The Hall–Kier alpha value is -1.51. The molecule has 0 aromatic heterocycles. The number of esters is 2. The van der Waals surface area contributed by atoms with Crippen molar-refractivity contribution in [2.75, 3.05) is 26.4 Å². The number of carbonyl (C=O) groups excluding carboxylic acids is 2. The largest absolute Gasteiger partial charge is 0.472 e. The van der Waals surface area contributed by atoms with Gasteiger partial charge in [0.1, 0.15) is 6.61 Å². The molecule has 2 atom stereocenters. The summed E-state index contributed by atoms with van der Waals surface area (Å²) in [6.45, 7) is 3.70. The van der Waals surface area contributed by atoms with E-state index in [1.807, 2.05) is 0 Å². The molecule has 0 aliphatic heterocycles. The van der Waals surface area contributed by atoms with Crippen LogP contribution in [0.4, 0.5) is 0 Å². The lowest BCUT2D eigenvalue weighted by Crippen LogP contribution is -2.29. The summed E-state index contributed by atoms with van der Waals surface area (Å²) in [5.41, 5.74) is 5.34. The number of nitrogens with two attached hydrogens (primary N) is 1. The molecule has 0 fully saturated rings. The summed E-state index contributed by atoms with van der Waals surface area (Å²) in [7, 11) is -4.37. The molecule has 0 spiro atoms. The molecule has 0 aromatic rings. The van der Waals surface area contributed by atoms with Crippen molar-refractivity contribution in [2.45, 2.75) is 193 Å². The van der Waals surface area contributed by atoms with Crippen molar-refractivity contribution >= 4 is 19.8 Å². The number of hydrogen-bond donors (Lipinski definition) is 2. The van der Waals surface area contributed by atoms with Gasteiger partial charge in [-0.25, -0.2) is 4.57 Å². The predicted molar refractivity (Wildman–Crippen MR) is 206 cm³/mol. The lowest BCUT2D eigenvalue weighted by Gasteiger charge is -2.19. The summed E-state index contributed by atoms with van der Waals surface area (Å²) in [4.78, 5) is 34.8. The summed E-state index contributed by atoms with van der Waals surface area (Å²) in [6, 6.07) is 0. The first-order valence-corrected chi connectivity index (χ1v) is 21.8. The van der Waals surface area contributed by atoms with Gasteiger partial charge in [0.2, 0.25) is 0 Å². The standard InChI is InChI=1S/C40H76NO8P/c1-3-5-7-9-11-13-15-17-18-19-21-23-25-27-29-31-33-40(43)49-38(37-48-50(44,45)47-35-34-41)36-46-39(42)32-30-28-26-24-22-20-16-14-12-10-8-6-4-2/h13,15,18-19,38H,3-12,14,16-17,20-37,41H2,1-2H3,(H,44,45)/b15-13-,19-18-. The van der Waals surface area contributed by atoms with Gasteiger partial charge >= 0.3 is 19.8 Å². The van der Waals surface area contributed by atoms with Crippen LogP contribution in [-0.4, -0.2) is 49.3 Å². The van der Waals surface area contributed by atoms with Crippen molar-refractivity contribution < 1.29 is 37.6 Å². The van der Waals surface area contributed by atoms with Crippen LogP contribution in [-0.2, 0) is 32.7 Å². The molecule has 0 bridgehead atoms. The van der Waals surface area contributed by atoms with E-state index < -0.39 is 26.5 Å². The van der Waals surface area contributed by atoms with Gasteiger partial charge in [0.25, 0.3) is 0 Å². The highest BCUT2D eigenvalue weighted by Gasteiger charge is 2.26. The van der Waals surface area contributed by atoms with Crippen LogP contribution in [0, 0.1) is 0 Å². The van der Waals surface area contributed by atoms with E-state index in [9.17, 15) is 19.0 Å². The van der Waals surface area contributed by atoms with Crippen LogP contribution in [0.15, 0.2) is 24.3 Å². The van der Waals surface area contributed by atoms with E-state index in [0.717, 1.165) is 57.8 Å². The minimum absolute atomic E-state index is 0.0523. The van der Waals surface area contributed by atoms with Crippen molar-refractivity contribution in [3.05, 3.63) is 24.3 Å². The molecule has 0 amide bonds. The number of ether oxygens (including phenoxy) is 2. The summed E-state index contributed by atoms with van der Waals surface area (Å²) in [5.74, 6) is -0.840. The SMILES string of the molecule is CCCCCC/C=C\C/C=C\CCCCCCCC(=O)OC(COC(=O)CCCCCCCCCCCCCCC)COP(=O)(O)OCCN. The van der Waals surface area contributed by atoms with Gasteiger partial charge < -0.3 is 20.1 Å². The number of allylic oxidation sites excluding steroid dienone is 4. The van der Waals surface area contributed by atoms with Gasteiger partial charge in [0.05, 0.1) is 13.2 Å². The van der Waals surface area contributed by atoms with Gasteiger partial charge in [-0.05, 0) is 44.9 Å². The van der Waals surface area contributed by atoms with Gasteiger partial charge in [-0.3, -0.25) is 18.6 Å². The molecule has 0 heterocycles. The van der Waals surface area contributed by atoms with Crippen molar-refractivity contribution in [3.63, 3.8) is 0 Å². The summed E-state index contributed by atoms with van der Waals surface area (Å²) < 4.78 is 32.7. The molecule has 50 heavy (non-hydrogen) atoms. The van der Waals surface area contributed by atoms with Crippen LogP contribution in [0.2, 0.25) is 0 Å². The number of phosphoric acid groups is 1. The quantitative estimate of drug-likeness (QED) is 0.0275. The van der Waals surface area contributed by atoms with E-state index in [1.165, 1.54) is 96.3 Å². The fourth-order valence-electron chi connectivity index (χ4n) is 5.55. The molecule has 294 valence electrons. The fraction of sp³-hybridized carbons (Fsp3) is 0.850. The minimum atomic E-state index is -4.37. The molecule has 2 unspecified atom stereocenters. The Balaban J connectivity index is 4.21. The van der Waals surface area contributed by atoms with Crippen LogP contribution < -0.4 is 5.73 Å². The average Bonchev–Trinajstić information content (AvgIpc) is 3.10. The fourth-order valence-corrected chi connectivity index (χ4v) is 6.31. The molecular formula is C40H76NO8P. The Morgan fingerprint density at radius 1 is 0.600 bits per heavy atom. The molecule has 9 nitrogen and oxygen atoms in total. The number of unbranched alkanes of at least 4 members (excludes halogenated alkanes) is 21. The molecule has 0 rings (SSSR count). The van der Waals surface area contributed by atoms with Crippen LogP contribution in [0.1, 0.15) is 187 Å². The second-order valence-electron chi connectivity index (χ2n) is 13.5. The van der Waals surface area contributed by atoms with E-state index in [0.29, 0.717) is 6.42 Å². The van der Waals surface area contributed by atoms with Gasteiger partial charge in [-0.15, -0.1) is 0 Å². The zero-order valence-electron chi connectivity index (χ0n) is 32.1. The van der Waals surface area contributed by atoms with E-state index >= 15 is 0 Å². The molecule has 0 saturated heterocycles. The first kappa shape index (κ1) is 48.5. The third-order valence-corrected chi connectivity index (χ3v) is 9.57. The third-order valence-electron chi connectivity index (χ3n) is 8.59. The summed E-state index contributed by atoms with van der Waals surface area (Å²) in [5, 5.41) is 0. The summed E-state index contributed by atoms with van der Waals surface area (Å²) in [6.07, 6.45) is 37.7. The molecule has 10 heteroatoms. The predicted octanol–water partition coefficient (Wildman–Crippen LogP) is 11.2. The second kappa shape index (κ2) is 37.3.